The molecule has 1 aromatic heterocycles. The van der Waals surface area contributed by atoms with Crippen LogP contribution >= 0.6 is 0 Å². The van der Waals surface area contributed by atoms with Crippen molar-refractivity contribution in [2.24, 2.45) is 0 Å². The zero-order valence-electron chi connectivity index (χ0n) is 14.0. The fourth-order valence-electron chi connectivity index (χ4n) is 2.70. The van der Waals surface area contributed by atoms with Gasteiger partial charge in [0.25, 0.3) is 5.91 Å². The third kappa shape index (κ3) is 2.96. The van der Waals surface area contributed by atoms with Crippen molar-refractivity contribution in [1.29, 1.82) is 0 Å². The van der Waals surface area contributed by atoms with Crippen LogP contribution in [0.4, 0.5) is 10.1 Å². The van der Waals surface area contributed by atoms with Gasteiger partial charge in [-0.3, -0.25) is 4.79 Å². The van der Waals surface area contributed by atoms with Crippen LogP contribution in [0.5, 0.6) is 17.2 Å². The molecule has 25 heavy (non-hydrogen) atoms. The molecule has 0 bridgehead atoms. The molecule has 6 nitrogen and oxygen atoms in total. The van der Waals surface area contributed by atoms with E-state index in [4.69, 9.17) is 14.2 Å². The molecule has 3 rings (SSSR count). The Labute approximate surface area is 143 Å². The standard InChI is InChI=1S/C18H17FN2O4/c1-23-14-8-13-15(17(25-3)16(14)24-2)12(9-20-13)18(22)21-11-6-4-5-10(19)7-11/h4-9,20H,1-3H3,(H,21,22). The van der Waals surface area contributed by atoms with Gasteiger partial charge in [0, 0.05) is 18.0 Å². The lowest BCUT2D eigenvalue weighted by Gasteiger charge is -2.14. The second-order valence-electron chi connectivity index (χ2n) is 5.23. The summed E-state index contributed by atoms with van der Waals surface area (Å²) in [4.78, 5) is 15.7. The minimum absolute atomic E-state index is 0.345. The van der Waals surface area contributed by atoms with Gasteiger partial charge < -0.3 is 24.5 Å². The van der Waals surface area contributed by atoms with E-state index in [1.165, 1.54) is 39.5 Å². The Kier molecular flexibility index (Phi) is 4.47. The molecule has 0 unspecified atom stereocenters. The van der Waals surface area contributed by atoms with Crippen LogP contribution < -0.4 is 19.5 Å². The number of aromatic amines is 1. The summed E-state index contributed by atoms with van der Waals surface area (Å²) in [5.41, 5.74) is 1.36. The predicted molar refractivity (Wildman–Crippen MR) is 92.3 cm³/mol. The molecular formula is C18H17FN2O4. The van der Waals surface area contributed by atoms with Crippen LogP contribution in [0.2, 0.25) is 0 Å². The van der Waals surface area contributed by atoms with E-state index < -0.39 is 11.7 Å². The number of carbonyl (C=O) groups is 1. The summed E-state index contributed by atoms with van der Waals surface area (Å²) in [6.07, 6.45) is 1.56. The van der Waals surface area contributed by atoms with E-state index in [-0.39, 0.29) is 0 Å². The van der Waals surface area contributed by atoms with Gasteiger partial charge in [0.05, 0.1) is 37.8 Å². The highest BCUT2D eigenvalue weighted by atomic mass is 19.1. The number of anilines is 1. The highest BCUT2D eigenvalue weighted by molar-refractivity contribution is 6.15. The Bertz CT molecular complexity index is 936. The van der Waals surface area contributed by atoms with Crippen molar-refractivity contribution in [3.8, 4) is 17.2 Å². The molecule has 0 spiro atoms. The van der Waals surface area contributed by atoms with E-state index in [0.29, 0.717) is 39.4 Å². The average Bonchev–Trinajstić information content (AvgIpc) is 3.03. The monoisotopic (exact) mass is 344 g/mol. The molecule has 0 atom stereocenters. The van der Waals surface area contributed by atoms with Gasteiger partial charge in [0.15, 0.2) is 11.5 Å². The largest absolute Gasteiger partial charge is 0.493 e. The highest BCUT2D eigenvalue weighted by Gasteiger charge is 2.22. The molecule has 0 saturated carbocycles. The molecule has 1 amide bonds. The lowest BCUT2D eigenvalue weighted by molar-refractivity contribution is 0.102. The SMILES string of the molecule is COc1cc2[nH]cc(C(=O)Nc3cccc(F)c3)c2c(OC)c1OC. The minimum Gasteiger partial charge on any atom is -0.493 e. The third-order valence-electron chi connectivity index (χ3n) is 3.80. The highest BCUT2D eigenvalue weighted by Crippen LogP contribution is 2.44. The maximum atomic E-state index is 13.3. The smallest absolute Gasteiger partial charge is 0.257 e. The second-order valence-corrected chi connectivity index (χ2v) is 5.23. The molecule has 2 aromatic carbocycles. The molecular weight excluding hydrogens is 327 g/mol. The van der Waals surface area contributed by atoms with Gasteiger partial charge in [-0.2, -0.15) is 0 Å². The van der Waals surface area contributed by atoms with Crippen LogP contribution in [0.1, 0.15) is 10.4 Å². The van der Waals surface area contributed by atoms with E-state index in [9.17, 15) is 9.18 Å². The van der Waals surface area contributed by atoms with Crippen molar-refractivity contribution in [3.05, 3.63) is 47.9 Å². The molecule has 7 heteroatoms. The lowest BCUT2D eigenvalue weighted by atomic mass is 10.1. The van der Waals surface area contributed by atoms with Gasteiger partial charge in [0.2, 0.25) is 5.75 Å². The van der Waals surface area contributed by atoms with Gasteiger partial charge in [0.1, 0.15) is 5.82 Å². The molecule has 0 fully saturated rings. The number of hydrogen-bond donors (Lipinski definition) is 2. The normalized spacial score (nSPS) is 10.6. The van der Waals surface area contributed by atoms with Crippen LogP contribution in [-0.2, 0) is 0 Å². The Morgan fingerprint density at radius 2 is 1.84 bits per heavy atom. The average molecular weight is 344 g/mol. The Morgan fingerprint density at radius 3 is 2.48 bits per heavy atom. The Morgan fingerprint density at radius 1 is 1.08 bits per heavy atom. The number of rotatable bonds is 5. The summed E-state index contributed by atoms with van der Waals surface area (Å²) in [5, 5.41) is 3.22. The summed E-state index contributed by atoms with van der Waals surface area (Å²) in [5.74, 6) is 0.410. The molecule has 0 saturated heterocycles. The summed E-state index contributed by atoms with van der Waals surface area (Å²) in [6, 6.07) is 7.40. The number of methoxy groups -OCH3 is 3. The van der Waals surface area contributed by atoms with Gasteiger partial charge >= 0.3 is 0 Å². The van der Waals surface area contributed by atoms with E-state index in [2.05, 4.69) is 10.3 Å². The number of H-pyrrole nitrogens is 1. The molecule has 130 valence electrons. The van der Waals surface area contributed by atoms with Crippen molar-refractivity contribution < 1.29 is 23.4 Å². The third-order valence-corrected chi connectivity index (χ3v) is 3.80. The van der Waals surface area contributed by atoms with Gasteiger partial charge in [-0.15, -0.1) is 0 Å². The first-order valence-corrected chi connectivity index (χ1v) is 7.46. The summed E-state index contributed by atoms with van der Waals surface area (Å²) >= 11 is 0. The molecule has 1 heterocycles. The molecule has 3 aromatic rings. The van der Waals surface area contributed by atoms with Crippen LogP contribution in [0.15, 0.2) is 36.5 Å². The zero-order chi connectivity index (χ0) is 18.0. The molecule has 0 aliphatic carbocycles. The topological polar surface area (TPSA) is 72.6 Å². The summed E-state index contributed by atoms with van der Waals surface area (Å²) in [6.45, 7) is 0. The van der Waals surface area contributed by atoms with E-state index in [1.54, 1.807) is 18.3 Å². The fraction of sp³-hybridized carbons (Fsp3) is 0.167. The Hall–Kier alpha value is -3.22. The zero-order valence-corrected chi connectivity index (χ0v) is 14.0. The van der Waals surface area contributed by atoms with E-state index in [0.717, 1.165) is 0 Å². The van der Waals surface area contributed by atoms with Crippen LogP contribution in [0, 0.1) is 5.82 Å². The number of fused-ring (bicyclic) bond motifs is 1. The first-order chi connectivity index (χ1) is 12.1. The number of benzene rings is 2. The van der Waals surface area contributed by atoms with Crippen molar-refractivity contribution >= 4 is 22.5 Å². The van der Waals surface area contributed by atoms with Crippen molar-refractivity contribution in [3.63, 3.8) is 0 Å². The van der Waals surface area contributed by atoms with E-state index in [1.807, 2.05) is 0 Å². The van der Waals surface area contributed by atoms with E-state index >= 15 is 0 Å². The number of halogens is 1. The molecule has 0 radical (unpaired) electrons. The Balaban J connectivity index is 2.09. The van der Waals surface area contributed by atoms with Crippen molar-refractivity contribution in [1.82, 2.24) is 4.98 Å². The molecule has 0 aliphatic rings. The lowest BCUT2D eigenvalue weighted by Crippen LogP contribution is -2.11. The minimum atomic E-state index is -0.430. The van der Waals surface area contributed by atoms with Gasteiger partial charge in [-0.1, -0.05) is 6.07 Å². The fourth-order valence-corrected chi connectivity index (χ4v) is 2.70. The van der Waals surface area contributed by atoms with Crippen molar-refractivity contribution in [2.45, 2.75) is 0 Å². The molecule has 2 N–H and O–H groups in total. The predicted octanol–water partition coefficient (Wildman–Crippen LogP) is 3.59. The number of hydrogen-bond acceptors (Lipinski definition) is 4. The molecule has 0 aliphatic heterocycles. The first kappa shape index (κ1) is 16.6. The quantitative estimate of drug-likeness (QED) is 0.742. The van der Waals surface area contributed by atoms with Crippen LogP contribution in [0.3, 0.4) is 0 Å². The maximum absolute atomic E-state index is 13.3. The van der Waals surface area contributed by atoms with Gasteiger partial charge in [-0.05, 0) is 18.2 Å². The van der Waals surface area contributed by atoms with Crippen molar-refractivity contribution in [2.75, 3.05) is 26.6 Å². The summed E-state index contributed by atoms with van der Waals surface area (Å²) in [7, 11) is 4.49. The second kappa shape index (κ2) is 6.72. The number of amides is 1. The maximum Gasteiger partial charge on any atom is 0.257 e. The first-order valence-electron chi connectivity index (χ1n) is 7.46. The number of nitrogens with one attached hydrogen (secondary N) is 2. The number of ether oxygens (including phenoxy) is 3. The van der Waals surface area contributed by atoms with Crippen LogP contribution in [-0.4, -0.2) is 32.2 Å². The van der Waals surface area contributed by atoms with Crippen LogP contribution in [0.25, 0.3) is 10.9 Å². The number of carbonyl (C=O) groups excluding carboxylic acids is 1. The van der Waals surface area contributed by atoms with Gasteiger partial charge in [-0.25, -0.2) is 4.39 Å². The number of aromatic nitrogens is 1. The summed E-state index contributed by atoms with van der Waals surface area (Å²) < 4.78 is 29.4.